The van der Waals surface area contributed by atoms with E-state index in [4.69, 9.17) is 0 Å². The van der Waals surface area contributed by atoms with Crippen LogP contribution in [0.5, 0.6) is 0 Å². The van der Waals surface area contributed by atoms with Crippen LogP contribution in [0.2, 0.25) is 0 Å². The van der Waals surface area contributed by atoms with Crippen LogP contribution in [0.4, 0.5) is 22.7 Å². The number of para-hydroxylation sites is 1. The molecule has 0 spiro atoms. The molecule has 2 nitrogen and oxygen atoms in total. The zero-order valence-corrected chi connectivity index (χ0v) is 36.7. The molecule has 0 saturated carbocycles. The summed E-state index contributed by atoms with van der Waals surface area (Å²) < 4.78 is 0. The second-order valence-electron chi connectivity index (χ2n) is 13.4. The Bertz CT molecular complexity index is 2320. The van der Waals surface area contributed by atoms with E-state index in [1.165, 1.54) is 27.8 Å². The predicted molar refractivity (Wildman–Crippen MR) is 267 cm³/mol. The maximum absolute atomic E-state index is 4.57. The van der Waals surface area contributed by atoms with Gasteiger partial charge in [0.25, 0.3) is 0 Å². The molecule has 0 heterocycles. The smallest absolute Gasteiger partial charge is 0.0461 e. The van der Waals surface area contributed by atoms with Crippen molar-refractivity contribution in [3.8, 4) is 11.1 Å². The molecule has 6 aromatic carbocycles. The van der Waals surface area contributed by atoms with Crippen LogP contribution in [0.25, 0.3) is 22.3 Å². The molecule has 0 bridgehead atoms. The Balaban J connectivity index is 0.000000640. The van der Waals surface area contributed by atoms with Crippen LogP contribution in [-0.2, 0) is 0 Å². The average Bonchev–Trinajstić information content (AvgIpc) is 3.62. The molecule has 6 aromatic rings. The molecule has 0 saturated heterocycles. The van der Waals surface area contributed by atoms with E-state index in [9.17, 15) is 0 Å². The molecule has 1 aliphatic carbocycles. The Morgan fingerprint density at radius 1 is 0.533 bits per heavy atom. The Kier molecular flexibility index (Phi) is 19.4. The standard InChI is InChI=1S/C47H42N2.C7H8.2C2H6/c1-4-36-48(44-20-14-9-15-21-44)45-30-24-41(25-31-45)38(5-2)23-22-37(3)49(47-34-28-43(29-35-47)40-18-12-8-13-19-40)46-32-26-42(27-33-46)39-16-10-6-7-11-17-39;1-7-5-3-2-4-6-7;2*1-2/h4-10,12-36H,3,11H2,1-2H3;2-6H,1H3;2*1-2H3/b23-22-,36-4+,38-5+;;;. The van der Waals surface area contributed by atoms with E-state index in [0.29, 0.717) is 0 Å². The summed E-state index contributed by atoms with van der Waals surface area (Å²) in [6.07, 6.45) is 22.3. The molecule has 0 unspecified atom stereocenters. The van der Waals surface area contributed by atoms with Crippen molar-refractivity contribution < 1.29 is 0 Å². The fourth-order valence-corrected chi connectivity index (χ4v) is 6.54. The van der Waals surface area contributed by atoms with Crippen molar-refractivity contribution in [3.05, 3.63) is 254 Å². The van der Waals surface area contributed by atoms with Crippen LogP contribution in [0.1, 0.15) is 64.7 Å². The van der Waals surface area contributed by atoms with Gasteiger partial charge in [-0.3, -0.25) is 0 Å². The third kappa shape index (κ3) is 13.3. The van der Waals surface area contributed by atoms with Gasteiger partial charge in [0.2, 0.25) is 0 Å². The number of aryl methyl sites for hydroxylation is 1. The minimum Gasteiger partial charge on any atom is -0.318 e. The maximum atomic E-state index is 4.57. The van der Waals surface area contributed by atoms with Crippen LogP contribution in [0.3, 0.4) is 0 Å². The minimum absolute atomic E-state index is 0.872. The van der Waals surface area contributed by atoms with E-state index in [1.807, 2.05) is 65.0 Å². The summed E-state index contributed by atoms with van der Waals surface area (Å²) in [5.74, 6) is 0. The lowest BCUT2D eigenvalue weighted by atomic mass is 10.0. The minimum atomic E-state index is 0.872. The summed E-state index contributed by atoms with van der Waals surface area (Å²) in [6, 6.07) is 57.4. The molecule has 1 aliphatic rings. The van der Waals surface area contributed by atoms with E-state index in [1.54, 1.807) is 0 Å². The highest BCUT2D eigenvalue weighted by Crippen LogP contribution is 2.34. The molecular weight excluding hydrogens is 725 g/mol. The van der Waals surface area contributed by atoms with E-state index >= 15 is 0 Å². The molecule has 0 atom stereocenters. The van der Waals surface area contributed by atoms with Crippen molar-refractivity contribution in [1.29, 1.82) is 0 Å². The highest BCUT2D eigenvalue weighted by molar-refractivity contribution is 5.80. The quantitative estimate of drug-likeness (QED) is 0.121. The topological polar surface area (TPSA) is 6.48 Å². The van der Waals surface area contributed by atoms with Gasteiger partial charge in [0, 0.05) is 34.6 Å². The number of anilines is 4. The highest BCUT2D eigenvalue weighted by atomic mass is 15.1. The largest absolute Gasteiger partial charge is 0.318 e. The third-order valence-corrected chi connectivity index (χ3v) is 9.49. The van der Waals surface area contributed by atoms with Crippen LogP contribution < -0.4 is 9.80 Å². The molecule has 0 radical (unpaired) electrons. The summed E-state index contributed by atoms with van der Waals surface area (Å²) in [5, 5.41) is 0. The van der Waals surface area contributed by atoms with Gasteiger partial charge in [0.05, 0.1) is 0 Å². The predicted octanol–water partition coefficient (Wildman–Crippen LogP) is 17.3. The Morgan fingerprint density at radius 2 is 1.03 bits per heavy atom. The first kappa shape index (κ1) is 45.8. The van der Waals surface area contributed by atoms with Gasteiger partial charge in [0.15, 0.2) is 0 Å². The normalized spacial score (nSPS) is 11.8. The Labute approximate surface area is 361 Å². The highest BCUT2D eigenvalue weighted by Gasteiger charge is 2.14. The number of benzene rings is 6. The lowest BCUT2D eigenvalue weighted by Crippen LogP contribution is -2.14. The zero-order chi connectivity index (χ0) is 43.0. The SMILES string of the molecule is C=C(/C=C\C(=C/C)c1ccc(N(/C=C/C)c2ccccc2)cc1)N(c1ccc(C2=CCC=CC=C2)cc1)c1ccc(-c2ccccc2)cc1.CC.CC.Cc1ccccc1. The summed E-state index contributed by atoms with van der Waals surface area (Å²) in [5.41, 5.74) is 13.6. The van der Waals surface area contributed by atoms with Gasteiger partial charge in [-0.1, -0.05) is 204 Å². The molecule has 60 heavy (non-hydrogen) atoms. The molecular formula is C58H62N2. The van der Waals surface area contributed by atoms with Gasteiger partial charge in [0.1, 0.15) is 0 Å². The van der Waals surface area contributed by atoms with Crippen molar-refractivity contribution >= 4 is 33.9 Å². The summed E-state index contributed by atoms with van der Waals surface area (Å²) in [7, 11) is 0. The molecule has 0 amide bonds. The first-order valence-electron chi connectivity index (χ1n) is 21.3. The van der Waals surface area contributed by atoms with Crippen LogP contribution in [0.15, 0.2) is 237 Å². The molecule has 0 N–H and O–H groups in total. The van der Waals surface area contributed by atoms with Gasteiger partial charge < -0.3 is 9.80 Å². The zero-order valence-electron chi connectivity index (χ0n) is 36.7. The number of hydrogen-bond acceptors (Lipinski definition) is 2. The number of nitrogens with zero attached hydrogens (tertiary/aromatic N) is 2. The average molecular weight is 787 g/mol. The lowest BCUT2D eigenvalue weighted by Gasteiger charge is -2.26. The van der Waals surface area contributed by atoms with Crippen LogP contribution in [0, 0.1) is 6.92 Å². The Morgan fingerprint density at radius 3 is 1.57 bits per heavy atom. The molecule has 2 heteroatoms. The number of allylic oxidation sites excluding steroid dienone is 11. The van der Waals surface area contributed by atoms with Gasteiger partial charge in [-0.05, 0) is 115 Å². The number of rotatable bonds is 11. The van der Waals surface area contributed by atoms with Crippen molar-refractivity contribution in [1.82, 2.24) is 0 Å². The fourth-order valence-electron chi connectivity index (χ4n) is 6.54. The first-order chi connectivity index (χ1) is 29.5. The van der Waals surface area contributed by atoms with Gasteiger partial charge >= 0.3 is 0 Å². The van der Waals surface area contributed by atoms with E-state index < -0.39 is 0 Å². The van der Waals surface area contributed by atoms with Crippen LogP contribution >= 0.6 is 0 Å². The van der Waals surface area contributed by atoms with Crippen molar-refractivity contribution in [2.75, 3.05) is 9.80 Å². The van der Waals surface area contributed by atoms with Crippen molar-refractivity contribution in [3.63, 3.8) is 0 Å². The lowest BCUT2D eigenvalue weighted by molar-refractivity contribution is 1.22. The molecule has 304 valence electrons. The number of hydrogen-bond donors (Lipinski definition) is 0. The van der Waals surface area contributed by atoms with E-state index in [0.717, 1.165) is 46.0 Å². The summed E-state index contributed by atoms with van der Waals surface area (Å²) in [6.45, 7) is 18.8. The van der Waals surface area contributed by atoms with Crippen molar-refractivity contribution in [2.45, 2.75) is 54.9 Å². The van der Waals surface area contributed by atoms with Crippen LogP contribution in [-0.4, -0.2) is 0 Å². The van der Waals surface area contributed by atoms with E-state index in [-0.39, 0.29) is 0 Å². The second kappa shape index (κ2) is 25.5. The van der Waals surface area contributed by atoms with Gasteiger partial charge in [-0.15, -0.1) is 0 Å². The molecule has 0 aliphatic heterocycles. The Hall–Kier alpha value is -6.90. The molecule has 0 fully saturated rings. The van der Waals surface area contributed by atoms with Gasteiger partial charge in [-0.25, -0.2) is 0 Å². The summed E-state index contributed by atoms with van der Waals surface area (Å²) in [4.78, 5) is 4.42. The summed E-state index contributed by atoms with van der Waals surface area (Å²) >= 11 is 0. The monoisotopic (exact) mass is 786 g/mol. The fraction of sp³-hybridized carbons (Fsp3) is 0.138. The first-order valence-corrected chi connectivity index (χ1v) is 21.3. The third-order valence-electron chi connectivity index (χ3n) is 9.49. The maximum Gasteiger partial charge on any atom is 0.0461 e. The molecule has 0 aromatic heterocycles. The second-order valence-corrected chi connectivity index (χ2v) is 13.4. The molecule has 7 rings (SSSR count). The van der Waals surface area contributed by atoms with E-state index in [2.05, 4.69) is 225 Å². The van der Waals surface area contributed by atoms with Gasteiger partial charge in [-0.2, -0.15) is 0 Å². The van der Waals surface area contributed by atoms with Crippen molar-refractivity contribution in [2.24, 2.45) is 0 Å².